The average molecular weight is 642 g/mol. The molecule has 4 aromatic rings. The van der Waals surface area contributed by atoms with E-state index < -0.39 is 6.03 Å². The number of nitrogens with zero attached hydrogens (tertiary/aromatic N) is 3. The first-order valence-corrected chi connectivity index (χ1v) is 15.8. The normalized spacial score (nSPS) is 17.2. The molecule has 1 aromatic heterocycles. The molecule has 2 heterocycles. The Balaban J connectivity index is 1.31. The van der Waals surface area contributed by atoms with E-state index >= 15 is 0 Å². The van der Waals surface area contributed by atoms with Crippen molar-refractivity contribution in [1.82, 2.24) is 15.0 Å². The summed E-state index contributed by atoms with van der Waals surface area (Å²) < 4.78 is 17.7. The predicted molar refractivity (Wildman–Crippen MR) is 180 cm³/mol. The second-order valence-corrected chi connectivity index (χ2v) is 12.2. The first kappa shape index (κ1) is 33.5. The molecule has 0 saturated heterocycles. The van der Waals surface area contributed by atoms with Crippen LogP contribution in [0.3, 0.4) is 0 Å². The molecular formula is C36H43N5O6. The van der Waals surface area contributed by atoms with Crippen LogP contribution < -0.4 is 20.1 Å². The minimum absolute atomic E-state index is 0.0402. The summed E-state index contributed by atoms with van der Waals surface area (Å²) in [4.78, 5) is 30.3. The van der Waals surface area contributed by atoms with Gasteiger partial charge in [0.1, 0.15) is 34.7 Å². The van der Waals surface area contributed by atoms with Crippen LogP contribution in [-0.4, -0.2) is 70.9 Å². The number of rotatable bonds is 10. The zero-order valence-electron chi connectivity index (χ0n) is 27.5. The lowest BCUT2D eigenvalue weighted by Gasteiger charge is -2.34. The molecule has 3 amide bonds. The van der Waals surface area contributed by atoms with Crippen LogP contribution in [0.4, 0.5) is 16.2 Å². The molecule has 3 N–H and O–H groups in total. The van der Waals surface area contributed by atoms with E-state index in [4.69, 9.17) is 14.0 Å². The van der Waals surface area contributed by atoms with Gasteiger partial charge in [0.2, 0.25) is 5.91 Å². The smallest absolute Gasteiger partial charge is 0.323 e. The summed E-state index contributed by atoms with van der Waals surface area (Å²) in [6, 6.07) is 22.2. The van der Waals surface area contributed by atoms with Crippen LogP contribution in [-0.2, 0) is 17.8 Å². The number of urea groups is 1. The van der Waals surface area contributed by atoms with Crippen LogP contribution in [0.1, 0.15) is 36.4 Å². The van der Waals surface area contributed by atoms with Gasteiger partial charge in [-0.25, -0.2) is 4.79 Å². The van der Waals surface area contributed by atoms with Gasteiger partial charge in [0, 0.05) is 36.8 Å². The number of carbonyl (C=O) groups excluding carboxylic acids is 2. The molecule has 0 fully saturated rings. The van der Waals surface area contributed by atoms with Crippen molar-refractivity contribution >= 4 is 23.3 Å². The molecule has 0 saturated carbocycles. The lowest BCUT2D eigenvalue weighted by molar-refractivity contribution is -0.134. The van der Waals surface area contributed by atoms with E-state index in [2.05, 4.69) is 39.7 Å². The van der Waals surface area contributed by atoms with Crippen molar-refractivity contribution in [3.8, 4) is 17.2 Å². The third-order valence-electron chi connectivity index (χ3n) is 8.29. The topological polar surface area (TPSA) is 129 Å². The van der Waals surface area contributed by atoms with Gasteiger partial charge in [-0.15, -0.1) is 0 Å². The zero-order chi connectivity index (χ0) is 33.5. The van der Waals surface area contributed by atoms with Crippen LogP contribution >= 0.6 is 0 Å². The molecule has 1 aliphatic heterocycles. The molecule has 248 valence electrons. The first-order chi connectivity index (χ1) is 22.6. The molecular weight excluding hydrogens is 598 g/mol. The quantitative estimate of drug-likeness (QED) is 0.192. The number of aliphatic hydroxyl groups excluding tert-OH is 1. The monoisotopic (exact) mass is 641 g/mol. The Morgan fingerprint density at radius 2 is 1.81 bits per heavy atom. The maximum Gasteiger partial charge on any atom is 0.323 e. The maximum atomic E-state index is 13.6. The van der Waals surface area contributed by atoms with Gasteiger partial charge >= 0.3 is 6.03 Å². The van der Waals surface area contributed by atoms with Crippen molar-refractivity contribution in [1.29, 1.82) is 0 Å². The summed E-state index contributed by atoms with van der Waals surface area (Å²) in [7, 11) is 2.04. The van der Waals surface area contributed by atoms with Crippen molar-refractivity contribution in [2.45, 2.75) is 52.8 Å². The lowest BCUT2D eigenvalue weighted by atomic mass is 10.0. The molecule has 11 nitrogen and oxygen atoms in total. The van der Waals surface area contributed by atoms with E-state index in [-0.39, 0.29) is 37.0 Å². The molecule has 3 atom stereocenters. The fraction of sp³-hybridized carbons (Fsp3) is 0.361. The number of hydrogen-bond acceptors (Lipinski definition) is 8. The third kappa shape index (κ3) is 8.69. The number of aryl methyl sites for hydroxylation is 2. The van der Waals surface area contributed by atoms with Crippen LogP contribution in [0.5, 0.6) is 17.2 Å². The number of nitrogens with one attached hydrogen (secondary N) is 2. The lowest BCUT2D eigenvalue weighted by Crippen LogP contribution is -2.47. The Kier molecular flexibility index (Phi) is 10.8. The molecule has 5 rings (SSSR count). The fourth-order valence-corrected chi connectivity index (χ4v) is 5.63. The summed E-state index contributed by atoms with van der Waals surface area (Å²) in [6.45, 7) is 8.94. The number of para-hydroxylation sites is 1. The summed E-state index contributed by atoms with van der Waals surface area (Å²) in [6.07, 6.45) is -0.201. The number of carbonyl (C=O) groups is 2. The van der Waals surface area contributed by atoms with Gasteiger partial charge in [-0.05, 0) is 75.8 Å². The van der Waals surface area contributed by atoms with Crippen molar-refractivity contribution in [2.75, 3.05) is 37.4 Å². The molecule has 0 spiro atoms. The van der Waals surface area contributed by atoms with Gasteiger partial charge in [0.15, 0.2) is 5.76 Å². The van der Waals surface area contributed by atoms with Crippen molar-refractivity contribution in [2.24, 2.45) is 5.92 Å². The second-order valence-electron chi connectivity index (χ2n) is 12.2. The molecule has 0 bridgehead atoms. The van der Waals surface area contributed by atoms with Crippen LogP contribution in [0.15, 0.2) is 77.3 Å². The zero-order valence-corrected chi connectivity index (χ0v) is 27.5. The van der Waals surface area contributed by atoms with Gasteiger partial charge in [0.05, 0.1) is 19.1 Å². The van der Waals surface area contributed by atoms with Crippen LogP contribution in [0.25, 0.3) is 0 Å². The highest BCUT2D eigenvalue weighted by molar-refractivity contribution is 6.00. The number of likely N-dealkylation sites (N-methyl/N-ethyl adjacent to an activating group) is 1. The van der Waals surface area contributed by atoms with E-state index in [0.29, 0.717) is 53.8 Å². The molecule has 0 aliphatic carbocycles. The second kappa shape index (κ2) is 15.1. The number of hydrogen-bond donors (Lipinski definition) is 3. The van der Waals surface area contributed by atoms with E-state index in [0.717, 1.165) is 17.1 Å². The minimum atomic E-state index is -0.460. The van der Waals surface area contributed by atoms with E-state index in [1.165, 1.54) is 0 Å². The Morgan fingerprint density at radius 3 is 2.49 bits per heavy atom. The Hall–Kier alpha value is -4.87. The minimum Gasteiger partial charge on any atom is -0.488 e. The highest BCUT2D eigenvalue weighted by Gasteiger charge is 2.31. The van der Waals surface area contributed by atoms with Gasteiger partial charge in [-0.3, -0.25) is 9.69 Å². The van der Waals surface area contributed by atoms with Crippen molar-refractivity contribution < 1.29 is 28.7 Å². The Labute approximate surface area is 275 Å². The Morgan fingerprint density at radius 1 is 1.09 bits per heavy atom. The van der Waals surface area contributed by atoms with E-state index in [9.17, 15) is 14.7 Å². The largest absolute Gasteiger partial charge is 0.488 e. The van der Waals surface area contributed by atoms with Crippen molar-refractivity contribution in [3.63, 3.8) is 0 Å². The SMILES string of the molecule is Cc1noc(C)c1NC(=O)Nc1ccc2c(c1)CC(=O)N([C@H](C)CO)C[C@@H](C)[C@@H](CN(C)Cc1ccc(Oc3ccccc3)cc1)O2. The highest BCUT2D eigenvalue weighted by atomic mass is 16.5. The standard InChI is InChI=1S/C36H43N5O6/c1-23-19-41(24(2)22-42)34(43)18-28-17-29(37-36(44)38-35-25(3)39-47-26(35)4)13-16-32(28)46-33(23)21-40(5)20-27-11-14-31(15-12-27)45-30-9-7-6-8-10-30/h6-17,23-24,33,42H,18-22H2,1-5H3,(H2,37,38,44)/t23-,24-,33-/m1/s1. The molecule has 3 aromatic carbocycles. The fourth-order valence-electron chi connectivity index (χ4n) is 5.63. The first-order valence-electron chi connectivity index (χ1n) is 15.8. The number of anilines is 2. The van der Waals surface area contributed by atoms with Gasteiger partial charge < -0.3 is 34.6 Å². The highest BCUT2D eigenvalue weighted by Crippen LogP contribution is 2.30. The van der Waals surface area contributed by atoms with Crippen LogP contribution in [0.2, 0.25) is 0 Å². The third-order valence-corrected chi connectivity index (χ3v) is 8.29. The average Bonchev–Trinajstić information content (AvgIpc) is 3.38. The van der Waals surface area contributed by atoms with E-state index in [1.807, 2.05) is 56.4 Å². The van der Waals surface area contributed by atoms with Gasteiger partial charge in [0.25, 0.3) is 0 Å². The number of benzene rings is 3. The molecule has 0 radical (unpaired) electrons. The maximum absolute atomic E-state index is 13.6. The molecule has 47 heavy (non-hydrogen) atoms. The van der Waals surface area contributed by atoms with E-state index in [1.54, 1.807) is 36.9 Å². The number of fused-ring (bicyclic) bond motifs is 1. The molecule has 11 heteroatoms. The number of aromatic nitrogens is 1. The number of ether oxygens (including phenoxy) is 2. The Bertz CT molecular complexity index is 1640. The molecule has 0 unspecified atom stereocenters. The number of aliphatic hydroxyl groups is 1. The van der Waals surface area contributed by atoms with Crippen molar-refractivity contribution in [3.05, 3.63) is 95.4 Å². The summed E-state index contributed by atoms with van der Waals surface area (Å²) >= 11 is 0. The van der Waals surface area contributed by atoms with Gasteiger partial charge in [-0.2, -0.15) is 0 Å². The molecule has 1 aliphatic rings. The predicted octanol–water partition coefficient (Wildman–Crippen LogP) is 6.01. The van der Waals surface area contributed by atoms with Crippen LogP contribution in [0, 0.1) is 19.8 Å². The number of amides is 3. The summed E-state index contributed by atoms with van der Waals surface area (Å²) in [5, 5.41) is 19.5. The summed E-state index contributed by atoms with van der Waals surface area (Å²) in [5.41, 5.74) is 3.36. The summed E-state index contributed by atoms with van der Waals surface area (Å²) in [5.74, 6) is 2.49. The van der Waals surface area contributed by atoms with Gasteiger partial charge in [-0.1, -0.05) is 42.4 Å².